The molecule has 0 spiro atoms. The molecule has 0 bridgehead atoms. The highest BCUT2D eigenvalue weighted by atomic mass is 32.2. The molecule has 2 unspecified atom stereocenters. The van der Waals surface area contributed by atoms with Crippen LogP contribution in [0.1, 0.15) is 25.0 Å². The predicted molar refractivity (Wildman–Crippen MR) is 68.8 cm³/mol. The van der Waals surface area contributed by atoms with E-state index in [1.807, 2.05) is 0 Å². The third-order valence-corrected chi connectivity index (χ3v) is 6.25. The van der Waals surface area contributed by atoms with Crippen LogP contribution in [0.2, 0.25) is 0 Å². The largest absolute Gasteiger partial charge is 0.481 e. The van der Waals surface area contributed by atoms with Crippen molar-refractivity contribution in [3.63, 3.8) is 0 Å². The summed E-state index contributed by atoms with van der Waals surface area (Å²) in [6.45, 7) is 1.52. The molecule has 2 atom stereocenters. The van der Waals surface area contributed by atoms with E-state index in [0.29, 0.717) is 29.9 Å². The number of aliphatic carboxylic acids is 1. The van der Waals surface area contributed by atoms with E-state index in [2.05, 4.69) is 9.71 Å². The average Bonchev–Trinajstić information content (AvgIpc) is 2.85. The van der Waals surface area contributed by atoms with Gasteiger partial charge in [0, 0.05) is 11.7 Å². The third kappa shape index (κ3) is 3.04. The summed E-state index contributed by atoms with van der Waals surface area (Å²) in [4.78, 5) is 23.9. The molecule has 1 fully saturated rings. The molecular formula is C10H14N2O5S2. The van der Waals surface area contributed by atoms with Gasteiger partial charge < -0.3 is 10.1 Å². The van der Waals surface area contributed by atoms with Crippen molar-refractivity contribution in [2.45, 2.75) is 36.4 Å². The first-order valence-electron chi connectivity index (χ1n) is 5.74. The van der Waals surface area contributed by atoms with E-state index in [4.69, 9.17) is 5.11 Å². The molecule has 2 rings (SSSR count). The molecule has 0 aliphatic heterocycles. The van der Waals surface area contributed by atoms with Crippen molar-refractivity contribution in [3.8, 4) is 0 Å². The first-order chi connectivity index (χ1) is 8.79. The van der Waals surface area contributed by atoms with Crippen LogP contribution in [0.3, 0.4) is 0 Å². The number of rotatable bonds is 4. The number of thiazole rings is 1. The average molecular weight is 306 g/mol. The van der Waals surface area contributed by atoms with Gasteiger partial charge in [-0.25, -0.2) is 13.1 Å². The normalized spacial score (nSPS) is 23.6. The molecule has 3 N–H and O–H groups in total. The zero-order chi connectivity index (χ0) is 14.2. The molecule has 0 radical (unpaired) electrons. The van der Waals surface area contributed by atoms with Crippen LogP contribution < -0.4 is 9.60 Å². The zero-order valence-corrected chi connectivity index (χ0v) is 11.8. The van der Waals surface area contributed by atoms with E-state index in [1.165, 1.54) is 6.92 Å². The van der Waals surface area contributed by atoms with Gasteiger partial charge in [0.2, 0.25) is 0 Å². The summed E-state index contributed by atoms with van der Waals surface area (Å²) in [5, 5.41) is 8.87. The quantitative estimate of drug-likeness (QED) is 0.738. The topological polar surface area (TPSA) is 116 Å². The zero-order valence-electron chi connectivity index (χ0n) is 10.2. The van der Waals surface area contributed by atoms with E-state index in [1.54, 1.807) is 0 Å². The van der Waals surface area contributed by atoms with Crippen LogP contribution in [0.15, 0.2) is 9.00 Å². The summed E-state index contributed by atoms with van der Waals surface area (Å²) in [5.74, 6) is -1.40. The molecule has 0 saturated heterocycles. The number of aromatic nitrogens is 1. The smallest absolute Gasteiger partial charge is 0.306 e. The predicted octanol–water partition coefficient (Wildman–Crippen LogP) is 0.276. The molecule has 1 aliphatic carbocycles. The Kier molecular flexibility index (Phi) is 3.79. The molecule has 0 amide bonds. The standard InChI is InChI=1S/C10H14N2O5S2/c1-5-9(18-10(15)11-5)19(16,17)12-7-3-2-6(4-7)8(13)14/h6-7,12H,2-4H2,1H3,(H,11,15)(H,13,14). The van der Waals surface area contributed by atoms with Gasteiger partial charge in [-0.05, 0) is 26.2 Å². The Morgan fingerprint density at radius 2 is 2.16 bits per heavy atom. The number of aromatic amines is 1. The van der Waals surface area contributed by atoms with Gasteiger partial charge in [0.05, 0.1) is 5.92 Å². The Morgan fingerprint density at radius 1 is 1.47 bits per heavy atom. The van der Waals surface area contributed by atoms with Gasteiger partial charge in [-0.15, -0.1) is 0 Å². The SMILES string of the molecule is Cc1[nH]c(=O)sc1S(=O)(=O)NC1CCC(C(=O)O)C1. The summed E-state index contributed by atoms with van der Waals surface area (Å²) in [6, 6.07) is -0.386. The number of H-pyrrole nitrogens is 1. The molecule has 1 aliphatic rings. The van der Waals surface area contributed by atoms with Crippen molar-refractivity contribution >= 4 is 27.3 Å². The van der Waals surface area contributed by atoms with Crippen LogP contribution >= 0.6 is 11.3 Å². The van der Waals surface area contributed by atoms with Crippen LogP contribution in [0.25, 0.3) is 0 Å². The fourth-order valence-corrected chi connectivity index (χ4v) is 4.83. The summed E-state index contributed by atoms with van der Waals surface area (Å²) in [6.07, 6.45) is 1.24. The van der Waals surface area contributed by atoms with Crippen LogP contribution in [0.5, 0.6) is 0 Å². The number of carboxylic acids is 1. The second-order valence-electron chi connectivity index (χ2n) is 4.59. The minimum atomic E-state index is -3.76. The summed E-state index contributed by atoms with van der Waals surface area (Å²) in [5.41, 5.74) is 0.301. The number of aryl methyl sites for hydroxylation is 1. The van der Waals surface area contributed by atoms with Gasteiger partial charge >= 0.3 is 10.8 Å². The molecule has 9 heteroatoms. The number of sulfonamides is 1. The Bertz CT molecular complexity index is 645. The maximum atomic E-state index is 12.1. The van der Waals surface area contributed by atoms with Crippen LogP contribution in [-0.4, -0.2) is 30.5 Å². The number of nitrogens with one attached hydrogen (secondary N) is 2. The number of hydrogen-bond acceptors (Lipinski definition) is 5. The van der Waals surface area contributed by atoms with Crippen molar-refractivity contribution in [1.29, 1.82) is 0 Å². The maximum Gasteiger partial charge on any atom is 0.306 e. The molecule has 1 aromatic rings. The summed E-state index contributed by atoms with van der Waals surface area (Å²) in [7, 11) is -3.76. The summed E-state index contributed by atoms with van der Waals surface area (Å²) < 4.78 is 26.6. The second kappa shape index (κ2) is 5.06. The molecule has 106 valence electrons. The fraction of sp³-hybridized carbons (Fsp3) is 0.600. The monoisotopic (exact) mass is 306 g/mol. The molecule has 1 aromatic heterocycles. The lowest BCUT2D eigenvalue weighted by Crippen LogP contribution is -2.33. The molecule has 1 heterocycles. The molecule has 19 heavy (non-hydrogen) atoms. The van der Waals surface area contributed by atoms with Gasteiger partial charge in [0.15, 0.2) is 4.21 Å². The highest BCUT2D eigenvalue weighted by Crippen LogP contribution is 2.27. The molecule has 1 saturated carbocycles. The Hall–Kier alpha value is -1.19. The van der Waals surface area contributed by atoms with Crippen LogP contribution in [0.4, 0.5) is 0 Å². The minimum absolute atomic E-state index is 0.0312. The highest BCUT2D eigenvalue weighted by Gasteiger charge is 2.33. The van der Waals surface area contributed by atoms with Crippen LogP contribution in [0, 0.1) is 12.8 Å². The lowest BCUT2D eigenvalue weighted by atomic mass is 10.1. The maximum absolute atomic E-state index is 12.1. The third-order valence-electron chi connectivity index (χ3n) is 3.13. The van der Waals surface area contributed by atoms with Crippen molar-refractivity contribution in [1.82, 2.24) is 9.71 Å². The number of carboxylic acid groups (broad SMARTS) is 1. The van der Waals surface area contributed by atoms with Crippen LogP contribution in [-0.2, 0) is 14.8 Å². The van der Waals surface area contributed by atoms with Crippen molar-refractivity contribution < 1.29 is 18.3 Å². The highest BCUT2D eigenvalue weighted by molar-refractivity contribution is 7.91. The lowest BCUT2D eigenvalue weighted by molar-refractivity contribution is -0.141. The van der Waals surface area contributed by atoms with Crippen molar-refractivity contribution in [2.75, 3.05) is 0 Å². The Morgan fingerprint density at radius 3 is 2.63 bits per heavy atom. The fourth-order valence-electron chi connectivity index (χ4n) is 2.23. The lowest BCUT2D eigenvalue weighted by Gasteiger charge is -2.12. The molecule has 0 aromatic carbocycles. The van der Waals surface area contributed by atoms with Gasteiger partial charge in [-0.3, -0.25) is 9.59 Å². The minimum Gasteiger partial charge on any atom is -0.481 e. The second-order valence-corrected chi connectivity index (χ2v) is 7.49. The van der Waals surface area contributed by atoms with Gasteiger partial charge in [-0.2, -0.15) is 0 Å². The van der Waals surface area contributed by atoms with E-state index in [-0.39, 0.29) is 16.7 Å². The van der Waals surface area contributed by atoms with E-state index in [0.717, 1.165) is 0 Å². The Labute approximate surface area is 113 Å². The molecule has 7 nitrogen and oxygen atoms in total. The van der Waals surface area contributed by atoms with E-state index < -0.39 is 26.8 Å². The number of hydrogen-bond donors (Lipinski definition) is 3. The summed E-state index contributed by atoms with van der Waals surface area (Å²) >= 11 is 0.634. The number of carbonyl (C=O) groups is 1. The van der Waals surface area contributed by atoms with E-state index >= 15 is 0 Å². The first-order valence-corrected chi connectivity index (χ1v) is 8.04. The van der Waals surface area contributed by atoms with E-state index in [9.17, 15) is 18.0 Å². The van der Waals surface area contributed by atoms with Gasteiger partial charge in [-0.1, -0.05) is 11.3 Å². The first kappa shape index (κ1) is 14.2. The van der Waals surface area contributed by atoms with Crippen molar-refractivity contribution in [3.05, 3.63) is 15.4 Å². The molecular weight excluding hydrogens is 292 g/mol. The van der Waals surface area contributed by atoms with Gasteiger partial charge in [0.25, 0.3) is 10.0 Å². The van der Waals surface area contributed by atoms with Gasteiger partial charge in [0.1, 0.15) is 0 Å². The van der Waals surface area contributed by atoms with Crippen molar-refractivity contribution in [2.24, 2.45) is 5.92 Å². The Balaban J connectivity index is 2.13.